The highest BCUT2D eigenvalue weighted by atomic mass is 32.1. The number of nitrogens with zero attached hydrogens (tertiary/aromatic N) is 2. The van der Waals surface area contributed by atoms with Gasteiger partial charge in [-0.1, -0.05) is 18.2 Å². The summed E-state index contributed by atoms with van der Waals surface area (Å²) in [4.78, 5) is 12.7. The third-order valence-electron chi connectivity index (χ3n) is 2.59. The van der Waals surface area contributed by atoms with E-state index in [0.29, 0.717) is 11.3 Å². The lowest BCUT2D eigenvalue weighted by Crippen LogP contribution is -2.25. The van der Waals surface area contributed by atoms with Gasteiger partial charge in [0.05, 0.1) is 11.3 Å². The van der Waals surface area contributed by atoms with Crippen molar-refractivity contribution in [1.82, 2.24) is 5.43 Å². The number of nitrogens with one attached hydrogen (secondary N) is 1. The van der Waals surface area contributed by atoms with Gasteiger partial charge in [0.25, 0.3) is 5.91 Å². The molecule has 0 aliphatic carbocycles. The van der Waals surface area contributed by atoms with Crippen LogP contribution in [0.1, 0.15) is 17.4 Å². The Morgan fingerprint density at radius 1 is 1.38 bits per heavy atom. The van der Waals surface area contributed by atoms with Crippen LogP contribution in [0.3, 0.4) is 0 Å². The van der Waals surface area contributed by atoms with Gasteiger partial charge in [0.15, 0.2) is 6.61 Å². The third-order valence-corrected chi connectivity index (χ3v) is 3.57. The van der Waals surface area contributed by atoms with Gasteiger partial charge in [0.1, 0.15) is 11.8 Å². The summed E-state index contributed by atoms with van der Waals surface area (Å²) in [5.74, 6) is 0.00718. The number of nitriles is 1. The molecular formula is C15H13N3O2S. The van der Waals surface area contributed by atoms with Crippen molar-refractivity contribution in [3.05, 3.63) is 52.2 Å². The molecule has 0 spiro atoms. The minimum absolute atomic E-state index is 0.195. The van der Waals surface area contributed by atoms with Gasteiger partial charge in [-0.05, 0) is 30.5 Å². The van der Waals surface area contributed by atoms with Gasteiger partial charge in [-0.25, -0.2) is 5.43 Å². The number of thiophene rings is 1. The fourth-order valence-corrected chi connectivity index (χ4v) is 2.22. The largest absolute Gasteiger partial charge is 0.482 e. The molecule has 0 saturated heterocycles. The standard InChI is InChI=1S/C15H13N3O2S/c1-11(14-7-4-8-21-14)17-18-15(19)10-20-13-6-3-2-5-12(13)9-16/h2-8H,10H2,1H3,(H,18,19)/b17-11+. The van der Waals surface area contributed by atoms with Gasteiger partial charge >= 0.3 is 0 Å². The zero-order chi connectivity index (χ0) is 15.1. The molecule has 1 aromatic carbocycles. The van der Waals surface area contributed by atoms with Crippen LogP contribution < -0.4 is 10.2 Å². The number of para-hydroxylation sites is 1. The normalized spacial score (nSPS) is 10.8. The molecule has 2 rings (SSSR count). The first kappa shape index (κ1) is 14.8. The number of carbonyl (C=O) groups is 1. The van der Waals surface area contributed by atoms with Crippen LogP contribution in [0.2, 0.25) is 0 Å². The van der Waals surface area contributed by atoms with E-state index in [1.54, 1.807) is 35.6 Å². The van der Waals surface area contributed by atoms with E-state index in [2.05, 4.69) is 10.5 Å². The van der Waals surface area contributed by atoms with Crippen LogP contribution in [0.25, 0.3) is 0 Å². The van der Waals surface area contributed by atoms with E-state index in [9.17, 15) is 4.79 Å². The maximum absolute atomic E-state index is 11.7. The van der Waals surface area contributed by atoms with Crippen LogP contribution in [0.15, 0.2) is 46.9 Å². The predicted molar refractivity (Wildman–Crippen MR) is 81.3 cm³/mol. The Morgan fingerprint density at radius 3 is 2.90 bits per heavy atom. The van der Waals surface area contributed by atoms with E-state index in [-0.39, 0.29) is 12.5 Å². The van der Waals surface area contributed by atoms with E-state index in [0.717, 1.165) is 10.6 Å². The maximum Gasteiger partial charge on any atom is 0.277 e. The lowest BCUT2D eigenvalue weighted by Gasteiger charge is -2.06. The predicted octanol–water partition coefficient (Wildman–Crippen LogP) is 2.54. The van der Waals surface area contributed by atoms with E-state index in [1.807, 2.05) is 30.5 Å². The SMILES string of the molecule is C/C(=N\NC(=O)COc1ccccc1C#N)c1cccs1. The summed E-state index contributed by atoms with van der Waals surface area (Å²) in [6.45, 7) is 1.62. The smallest absolute Gasteiger partial charge is 0.277 e. The average molecular weight is 299 g/mol. The molecule has 0 radical (unpaired) electrons. The Morgan fingerprint density at radius 2 is 2.19 bits per heavy atom. The van der Waals surface area contributed by atoms with Crippen LogP contribution in [-0.2, 0) is 4.79 Å². The zero-order valence-electron chi connectivity index (χ0n) is 11.4. The van der Waals surface area contributed by atoms with Crippen LogP contribution in [0.5, 0.6) is 5.75 Å². The minimum atomic E-state index is -0.376. The Balaban J connectivity index is 1.88. The van der Waals surface area contributed by atoms with Gasteiger partial charge in [-0.2, -0.15) is 10.4 Å². The molecule has 1 N–H and O–H groups in total. The molecule has 1 heterocycles. The fraction of sp³-hybridized carbons (Fsp3) is 0.133. The summed E-state index contributed by atoms with van der Waals surface area (Å²) in [6, 6.07) is 12.6. The van der Waals surface area contributed by atoms with Gasteiger partial charge < -0.3 is 4.74 Å². The van der Waals surface area contributed by atoms with Crippen molar-refractivity contribution in [2.45, 2.75) is 6.92 Å². The molecule has 2 aromatic rings. The van der Waals surface area contributed by atoms with Crippen molar-refractivity contribution in [1.29, 1.82) is 5.26 Å². The summed E-state index contributed by atoms with van der Waals surface area (Å²) in [6.07, 6.45) is 0. The second-order valence-corrected chi connectivity index (χ2v) is 5.05. The van der Waals surface area contributed by atoms with E-state index >= 15 is 0 Å². The number of amides is 1. The second-order valence-electron chi connectivity index (χ2n) is 4.11. The van der Waals surface area contributed by atoms with Crippen molar-refractivity contribution in [2.24, 2.45) is 5.10 Å². The van der Waals surface area contributed by atoms with Crippen LogP contribution in [0, 0.1) is 11.3 Å². The molecule has 0 aliphatic rings. The highest BCUT2D eigenvalue weighted by molar-refractivity contribution is 7.12. The number of hydrogen-bond acceptors (Lipinski definition) is 5. The van der Waals surface area contributed by atoms with Crippen molar-refractivity contribution >= 4 is 23.0 Å². The van der Waals surface area contributed by atoms with Crippen molar-refractivity contribution in [3.8, 4) is 11.8 Å². The minimum Gasteiger partial charge on any atom is -0.482 e. The lowest BCUT2D eigenvalue weighted by molar-refractivity contribution is -0.123. The summed E-state index contributed by atoms with van der Waals surface area (Å²) in [7, 11) is 0. The van der Waals surface area contributed by atoms with Gasteiger partial charge in [-0.3, -0.25) is 4.79 Å². The number of benzene rings is 1. The Kier molecular flexibility index (Phi) is 5.07. The fourth-order valence-electron chi connectivity index (χ4n) is 1.55. The molecule has 106 valence electrons. The van der Waals surface area contributed by atoms with Crippen molar-refractivity contribution in [3.63, 3.8) is 0 Å². The summed E-state index contributed by atoms with van der Waals surface area (Å²) in [5, 5.41) is 14.9. The molecule has 1 aromatic heterocycles. The van der Waals surface area contributed by atoms with Gasteiger partial charge in [0.2, 0.25) is 0 Å². The van der Waals surface area contributed by atoms with Gasteiger partial charge in [0, 0.05) is 4.88 Å². The van der Waals surface area contributed by atoms with Crippen LogP contribution in [0.4, 0.5) is 0 Å². The number of rotatable bonds is 5. The molecular weight excluding hydrogens is 286 g/mol. The first-order valence-electron chi connectivity index (χ1n) is 6.19. The quantitative estimate of drug-likeness (QED) is 0.681. The Bertz CT molecular complexity index is 687. The highest BCUT2D eigenvalue weighted by Crippen LogP contribution is 2.16. The molecule has 0 atom stereocenters. The number of hydrogen-bond donors (Lipinski definition) is 1. The van der Waals surface area contributed by atoms with Crippen LogP contribution >= 0.6 is 11.3 Å². The highest BCUT2D eigenvalue weighted by Gasteiger charge is 2.06. The number of hydrazone groups is 1. The summed E-state index contributed by atoms with van der Waals surface area (Å²) in [5.41, 5.74) is 3.55. The van der Waals surface area contributed by atoms with Crippen LogP contribution in [-0.4, -0.2) is 18.2 Å². The third kappa shape index (κ3) is 4.16. The van der Waals surface area contributed by atoms with Crippen molar-refractivity contribution in [2.75, 3.05) is 6.61 Å². The number of carbonyl (C=O) groups excluding carboxylic acids is 1. The first-order valence-corrected chi connectivity index (χ1v) is 7.07. The average Bonchev–Trinajstić information content (AvgIpc) is 3.05. The molecule has 0 aliphatic heterocycles. The van der Waals surface area contributed by atoms with Crippen molar-refractivity contribution < 1.29 is 9.53 Å². The molecule has 0 unspecified atom stereocenters. The maximum atomic E-state index is 11.7. The van der Waals surface area contributed by atoms with E-state index in [1.165, 1.54) is 0 Å². The Labute approximate surface area is 126 Å². The molecule has 1 amide bonds. The molecule has 0 fully saturated rings. The molecule has 6 heteroatoms. The topological polar surface area (TPSA) is 74.5 Å². The Hall–Kier alpha value is -2.65. The first-order chi connectivity index (χ1) is 10.2. The molecule has 21 heavy (non-hydrogen) atoms. The second kappa shape index (κ2) is 7.22. The van der Waals surface area contributed by atoms with E-state index < -0.39 is 0 Å². The number of ether oxygens (including phenoxy) is 1. The lowest BCUT2D eigenvalue weighted by atomic mass is 10.2. The summed E-state index contributed by atoms with van der Waals surface area (Å²) >= 11 is 1.55. The molecule has 0 saturated carbocycles. The monoisotopic (exact) mass is 299 g/mol. The molecule has 0 bridgehead atoms. The van der Waals surface area contributed by atoms with Gasteiger partial charge in [-0.15, -0.1) is 11.3 Å². The molecule has 5 nitrogen and oxygen atoms in total. The zero-order valence-corrected chi connectivity index (χ0v) is 12.2. The van der Waals surface area contributed by atoms with E-state index in [4.69, 9.17) is 10.00 Å². The summed E-state index contributed by atoms with van der Waals surface area (Å²) < 4.78 is 5.31.